The van der Waals surface area contributed by atoms with Gasteiger partial charge in [-0.05, 0) is 64.7 Å². The second-order valence-corrected chi connectivity index (χ2v) is 14.1. The first-order chi connectivity index (χ1) is 25.7. The summed E-state index contributed by atoms with van der Waals surface area (Å²) in [5, 5.41) is 4.98. The van der Waals surface area contributed by atoms with Crippen molar-refractivity contribution >= 4 is 59.0 Å². The lowest BCUT2D eigenvalue weighted by Crippen LogP contribution is -1.97. The first-order valence-electron chi connectivity index (χ1n) is 17.3. The molecule has 10 rings (SSSR count). The summed E-state index contributed by atoms with van der Waals surface area (Å²) in [6.45, 7) is 8.06. The summed E-state index contributed by atoms with van der Waals surface area (Å²) in [6.07, 6.45) is 0. The van der Waals surface area contributed by atoms with Crippen LogP contribution in [0.15, 0.2) is 176 Å². The molecule has 0 unspecified atom stereocenters. The second kappa shape index (κ2) is 12.2. The van der Waals surface area contributed by atoms with Gasteiger partial charge in [-0.15, -0.1) is 11.3 Å². The normalized spacial score (nSPS) is 11.4. The lowest BCUT2D eigenvalue weighted by molar-refractivity contribution is 1.19. The predicted molar refractivity (Wildman–Crippen MR) is 219 cm³/mol. The standard InChI is InChI=1S/C48H29N3S/c1-49-42-21-11-8-18-37(42)35-26-33(34-29-43(31-14-4-2-5-15-31)50-44(30-34)32-16-6-3-7-17-32)27-36(28-35)51-45-22-12-9-19-38(45)40-24-25-41-39-20-10-13-23-46(39)52-48(41)47(40)51/h2-30H. The van der Waals surface area contributed by atoms with Gasteiger partial charge < -0.3 is 4.57 Å². The number of fused-ring (bicyclic) bond motifs is 7. The van der Waals surface area contributed by atoms with Gasteiger partial charge in [0, 0.05) is 43.1 Å². The van der Waals surface area contributed by atoms with Gasteiger partial charge in [0.2, 0.25) is 0 Å². The summed E-state index contributed by atoms with van der Waals surface area (Å²) >= 11 is 1.85. The Morgan fingerprint density at radius 1 is 0.481 bits per heavy atom. The van der Waals surface area contributed by atoms with Crippen molar-refractivity contribution in [1.29, 1.82) is 0 Å². The molecule has 7 aromatic carbocycles. The van der Waals surface area contributed by atoms with Crippen LogP contribution in [0.3, 0.4) is 0 Å². The van der Waals surface area contributed by atoms with Gasteiger partial charge in [0.05, 0.1) is 33.7 Å². The van der Waals surface area contributed by atoms with Crippen LogP contribution in [0.25, 0.3) is 97.3 Å². The molecule has 0 saturated heterocycles. The Balaban J connectivity index is 1.31. The summed E-state index contributed by atoms with van der Waals surface area (Å²) in [5.74, 6) is 0. The number of aromatic nitrogens is 2. The highest BCUT2D eigenvalue weighted by Crippen LogP contribution is 2.44. The van der Waals surface area contributed by atoms with Crippen molar-refractivity contribution < 1.29 is 0 Å². The summed E-state index contributed by atoms with van der Waals surface area (Å²) in [5.41, 5.74) is 12.0. The Hall–Kier alpha value is -6.80. The molecule has 0 amide bonds. The van der Waals surface area contributed by atoms with Crippen molar-refractivity contribution in [2.24, 2.45) is 0 Å². The summed E-state index contributed by atoms with van der Waals surface area (Å²) in [4.78, 5) is 9.12. The minimum absolute atomic E-state index is 0.629. The Labute approximate surface area is 305 Å². The smallest absolute Gasteiger partial charge is 0.194 e. The Kier molecular flexibility index (Phi) is 7.06. The molecule has 0 spiro atoms. The second-order valence-electron chi connectivity index (χ2n) is 13.0. The van der Waals surface area contributed by atoms with Crippen LogP contribution in [0.4, 0.5) is 5.69 Å². The zero-order valence-electron chi connectivity index (χ0n) is 28.0. The van der Waals surface area contributed by atoms with E-state index in [0.717, 1.165) is 56.0 Å². The van der Waals surface area contributed by atoms with Gasteiger partial charge in [0.15, 0.2) is 5.69 Å². The maximum Gasteiger partial charge on any atom is 0.194 e. The van der Waals surface area contributed by atoms with Crippen molar-refractivity contribution in [2.75, 3.05) is 0 Å². The SMILES string of the molecule is [C-]#[N+]c1ccccc1-c1cc(-c2cc(-c3ccccc3)nc(-c3ccccc3)c2)cc(-n2c3ccccc3c3ccc4c5ccccc5sc4c32)c1. The van der Waals surface area contributed by atoms with Crippen LogP contribution in [0, 0.1) is 6.57 Å². The first-order valence-corrected chi connectivity index (χ1v) is 18.1. The average Bonchev–Trinajstić information content (AvgIpc) is 3.77. The maximum atomic E-state index is 8.06. The van der Waals surface area contributed by atoms with Crippen molar-refractivity contribution in [3.05, 3.63) is 187 Å². The fourth-order valence-electron chi connectivity index (χ4n) is 7.59. The van der Waals surface area contributed by atoms with Gasteiger partial charge in [-0.3, -0.25) is 0 Å². The van der Waals surface area contributed by atoms with Gasteiger partial charge in [0.25, 0.3) is 0 Å². The molecule has 4 heteroatoms. The fraction of sp³-hybridized carbons (Fsp3) is 0. The number of hydrogen-bond acceptors (Lipinski definition) is 2. The van der Waals surface area contributed by atoms with E-state index in [4.69, 9.17) is 11.6 Å². The van der Waals surface area contributed by atoms with Gasteiger partial charge in [0.1, 0.15) is 0 Å². The molecule has 0 aliphatic carbocycles. The average molecular weight is 680 g/mol. The lowest BCUT2D eigenvalue weighted by atomic mass is 9.95. The van der Waals surface area contributed by atoms with Gasteiger partial charge in [-0.25, -0.2) is 9.83 Å². The van der Waals surface area contributed by atoms with Crippen LogP contribution in [-0.4, -0.2) is 9.55 Å². The highest BCUT2D eigenvalue weighted by atomic mass is 32.1. The molecule has 0 atom stereocenters. The van der Waals surface area contributed by atoms with Crippen LogP contribution < -0.4 is 0 Å². The van der Waals surface area contributed by atoms with E-state index < -0.39 is 0 Å². The molecule has 0 aliphatic heterocycles. The van der Waals surface area contributed by atoms with Crippen LogP contribution in [0.5, 0.6) is 0 Å². The number of nitrogens with zero attached hydrogens (tertiary/aromatic N) is 3. The number of benzene rings is 7. The molecule has 3 nitrogen and oxygen atoms in total. The van der Waals surface area contributed by atoms with E-state index in [1.165, 1.54) is 36.5 Å². The third kappa shape index (κ3) is 4.91. The van der Waals surface area contributed by atoms with E-state index >= 15 is 0 Å². The molecule has 0 bridgehead atoms. The van der Waals surface area contributed by atoms with Crippen molar-refractivity contribution in [3.8, 4) is 50.5 Å². The van der Waals surface area contributed by atoms with Crippen LogP contribution in [0.2, 0.25) is 0 Å². The largest absolute Gasteiger partial charge is 0.308 e. The third-order valence-corrected chi connectivity index (χ3v) is 11.2. The minimum atomic E-state index is 0.629. The van der Waals surface area contributed by atoms with Gasteiger partial charge >= 0.3 is 0 Å². The summed E-state index contributed by atoms with van der Waals surface area (Å²) in [6, 6.07) is 61.8. The first kappa shape index (κ1) is 30.1. The third-order valence-electron chi connectivity index (χ3n) is 9.99. The van der Waals surface area contributed by atoms with E-state index in [-0.39, 0.29) is 0 Å². The molecule has 0 saturated carbocycles. The quantitative estimate of drug-likeness (QED) is 0.166. The fourth-order valence-corrected chi connectivity index (χ4v) is 8.83. The summed E-state index contributed by atoms with van der Waals surface area (Å²) in [7, 11) is 0. The molecule has 3 aromatic heterocycles. The zero-order chi connectivity index (χ0) is 34.6. The van der Waals surface area contributed by atoms with Crippen LogP contribution >= 0.6 is 11.3 Å². The monoisotopic (exact) mass is 679 g/mol. The number of hydrogen-bond donors (Lipinski definition) is 0. The molecular weight excluding hydrogens is 651 g/mol. The van der Waals surface area contributed by atoms with Crippen LogP contribution in [0.1, 0.15) is 0 Å². The molecule has 0 fully saturated rings. The van der Waals surface area contributed by atoms with Crippen molar-refractivity contribution in [1.82, 2.24) is 9.55 Å². The molecular formula is C48H29N3S. The van der Waals surface area contributed by atoms with Crippen LogP contribution in [-0.2, 0) is 0 Å². The van der Waals surface area contributed by atoms with E-state index in [2.05, 4.69) is 155 Å². The van der Waals surface area contributed by atoms with E-state index in [1.54, 1.807) is 0 Å². The Morgan fingerprint density at radius 3 is 1.83 bits per heavy atom. The van der Waals surface area contributed by atoms with Gasteiger partial charge in [-0.1, -0.05) is 133 Å². The zero-order valence-corrected chi connectivity index (χ0v) is 28.8. The van der Waals surface area contributed by atoms with E-state index in [1.807, 2.05) is 41.7 Å². The van der Waals surface area contributed by atoms with Gasteiger partial charge in [-0.2, -0.15) is 0 Å². The molecule has 0 aliphatic rings. The highest BCUT2D eigenvalue weighted by Gasteiger charge is 2.20. The molecule has 242 valence electrons. The predicted octanol–water partition coefficient (Wildman–Crippen LogP) is 13.8. The molecule has 10 aromatic rings. The summed E-state index contributed by atoms with van der Waals surface area (Å²) < 4.78 is 4.98. The molecule has 3 heterocycles. The number of para-hydroxylation sites is 2. The molecule has 0 radical (unpaired) electrons. The molecule has 52 heavy (non-hydrogen) atoms. The number of pyridine rings is 1. The minimum Gasteiger partial charge on any atom is -0.308 e. The Bertz CT molecular complexity index is 2960. The highest BCUT2D eigenvalue weighted by molar-refractivity contribution is 7.26. The topological polar surface area (TPSA) is 22.2 Å². The molecule has 0 N–H and O–H groups in total. The lowest BCUT2D eigenvalue weighted by Gasteiger charge is -2.16. The van der Waals surface area contributed by atoms with Crippen molar-refractivity contribution in [2.45, 2.75) is 0 Å². The van der Waals surface area contributed by atoms with E-state index in [9.17, 15) is 0 Å². The number of thiophene rings is 1. The van der Waals surface area contributed by atoms with E-state index in [0.29, 0.717) is 5.69 Å². The van der Waals surface area contributed by atoms with Crippen molar-refractivity contribution in [3.63, 3.8) is 0 Å². The maximum absolute atomic E-state index is 8.06. The Morgan fingerprint density at radius 2 is 1.08 bits per heavy atom. The number of rotatable bonds is 5.